The van der Waals surface area contributed by atoms with Gasteiger partial charge in [-0.2, -0.15) is 0 Å². The summed E-state index contributed by atoms with van der Waals surface area (Å²) in [5.74, 6) is -0.761. The Morgan fingerprint density at radius 2 is 1.63 bits per heavy atom. The molecule has 3 aromatic rings. The van der Waals surface area contributed by atoms with Crippen molar-refractivity contribution in [3.05, 3.63) is 98.5 Å². The molecule has 3 aliphatic heterocycles. The van der Waals surface area contributed by atoms with Crippen molar-refractivity contribution < 1.29 is 19.1 Å². The number of aryl methyl sites for hydroxylation is 1. The van der Waals surface area contributed by atoms with Crippen molar-refractivity contribution >= 4 is 11.8 Å². The van der Waals surface area contributed by atoms with Gasteiger partial charge in [-0.25, -0.2) is 0 Å². The number of pyridine rings is 1. The molecule has 0 saturated heterocycles. The second-order valence-electron chi connectivity index (χ2n) is 10.5. The van der Waals surface area contributed by atoms with Gasteiger partial charge >= 0.3 is 0 Å². The fraction of sp³-hybridized carbons (Fsp3) is 0.387. The van der Waals surface area contributed by atoms with Crippen molar-refractivity contribution in [2.75, 3.05) is 6.54 Å². The molecular formula is C31H32N2O5. The molecule has 6 rings (SSSR count). The Bertz CT molecular complexity index is 1460. The number of imide groups is 1. The molecule has 2 atom stereocenters. The summed E-state index contributed by atoms with van der Waals surface area (Å²) in [7, 11) is 0. The van der Waals surface area contributed by atoms with Crippen LogP contribution >= 0.6 is 0 Å². The van der Waals surface area contributed by atoms with Gasteiger partial charge in [-0.05, 0) is 49.4 Å². The van der Waals surface area contributed by atoms with Crippen LogP contribution in [0.3, 0.4) is 0 Å². The SMILES string of the molecule is CCCCn1c(C)cc2c(c1=O)[C@H]1O[C@](CCCCN3C(=O)c4ccccc4C3=O)(Cc3ccccc31)O2. The highest BCUT2D eigenvalue weighted by Gasteiger charge is 2.48. The van der Waals surface area contributed by atoms with E-state index in [9.17, 15) is 14.4 Å². The average Bonchev–Trinajstić information content (AvgIpc) is 3.15. The van der Waals surface area contributed by atoms with Gasteiger partial charge in [0.1, 0.15) is 11.9 Å². The molecule has 3 aliphatic rings. The van der Waals surface area contributed by atoms with Crippen LogP contribution in [0.15, 0.2) is 59.4 Å². The molecule has 38 heavy (non-hydrogen) atoms. The van der Waals surface area contributed by atoms with E-state index in [0.717, 1.165) is 29.7 Å². The van der Waals surface area contributed by atoms with Crippen LogP contribution in [0.25, 0.3) is 0 Å². The van der Waals surface area contributed by atoms with Gasteiger partial charge in [0.05, 0.1) is 16.7 Å². The van der Waals surface area contributed by atoms with E-state index in [0.29, 0.717) is 61.2 Å². The highest BCUT2D eigenvalue weighted by Crippen LogP contribution is 2.48. The average molecular weight is 513 g/mol. The third-order valence-corrected chi connectivity index (χ3v) is 8.00. The largest absolute Gasteiger partial charge is 0.461 e. The lowest BCUT2D eigenvalue weighted by Gasteiger charge is -2.46. The van der Waals surface area contributed by atoms with Gasteiger partial charge < -0.3 is 14.0 Å². The maximum Gasteiger partial charge on any atom is 0.261 e. The minimum Gasteiger partial charge on any atom is -0.461 e. The van der Waals surface area contributed by atoms with Gasteiger partial charge in [-0.3, -0.25) is 19.3 Å². The highest BCUT2D eigenvalue weighted by molar-refractivity contribution is 6.21. The van der Waals surface area contributed by atoms with E-state index in [2.05, 4.69) is 13.0 Å². The summed E-state index contributed by atoms with van der Waals surface area (Å²) in [5.41, 5.74) is 4.49. The molecule has 1 aromatic heterocycles. The van der Waals surface area contributed by atoms with E-state index >= 15 is 0 Å². The van der Waals surface area contributed by atoms with Crippen LogP contribution in [0.2, 0.25) is 0 Å². The van der Waals surface area contributed by atoms with Crippen LogP contribution in [0.4, 0.5) is 0 Å². The molecule has 7 heteroatoms. The Hall–Kier alpha value is -3.71. The molecule has 0 saturated carbocycles. The van der Waals surface area contributed by atoms with E-state index < -0.39 is 11.9 Å². The fourth-order valence-electron chi connectivity index (χ4n) is 6.02. The Balaban J connectivity index is 1.24. The Labute approximate surface area is 222 Å². The van der Waals surface area contributed by atoms with Gasteiger partial charge in [-0.15, -0.1) is 0 Å². The molecule has 2 amide bonds. The number of rotatable bonds is 8. The van der Waals surface area contributed by atoms with Crippen molar-refractivity contribution in [1.29, 1.82) is 0 Å². The standard InChI is InChI=1S/C31H32N2O5/c1-3-4-16-32-20(2)18-25-26(30(32)36)27-22-12-6-5-11-21(22)19-31(37-25,38-27)15-9-10-17-33-28(34)23-13-7-8-14-24(23)29(33)35/h5-8,11-14,18,27H,3-4,9-10,15-17,19H2,1-2H3/t27-,31+/m0/s1. The predicted molar refractivity (Wildman–Crippen MR) is 142 cm³/mol. The summed E-state index contributed by atoms with van der Waals surface area (Å²) >= 11 is 0. The number of ether oxygens (including phenoxy) is 2. The number of hydrogen-bond acceptors (Lipinski definition) is 5. The van der Waals surface area contributed by atoms with Crippen LogP contribution in [0, 0.1) is 6.92 Å². The summed E-state index contributed by atoms with van der Waals surface area (Å²) < 4.78 is 15.0. The van der Waals surface area contributed by atoms with Gasteiger partial charge in [0, 0.05) is 37.7 Å². The van der Waals surface area contributed by atoms with Gasteiger partial charge in [0.2, 0.25) is 5.79 Å². The highest BCUT2D eigenvalue weighted by atomic mass is 16.7. The third-order valence-electron chi connectivity index (χ3n) is 8.00. The molecule has 4 heterocycles. The third kappa shape index (κ3) is 3.97. The minimum absolute atomic E-state index is 0.0469. The number of hydrogen-bond donors (Lipinski definition) is 0. The second kappa shape index (κ2) is 9.55. The minimum atomic E-state index is -0.900. The number of unbranched alkanes of at least 4 members (excludes halogenated alkanes) is 2. The summed E-state index contributed by atoms with van der Waals surface area (Å²) in [6.45, 7) is 5.09. The number of nitrogens with zero attached hydrogens (tertiary/aromatic N) is 2. The molecule has 0 fully saturated rings. The smallest absolute Gasteiger partial charge is 0.261 e. The first-order chi connectivity index (χ1) is 18.4. The lowest BCUT2D eigenvalue weighted by molar-refractivity contribution is -0.233. The van der Waals surface area contributed by atoms with E-state index in [-0.39, 0.29) is 17.4 Å². The zero-order valence-electron chi connectivity index (χ0n) is 21.9. The zero-order valence-corrected chi connectivity index (χ0v) is 21.9. The van der Waals surface area contributed by atoms with E-state index in [1.54, 1.807) is 24.3 Å². The zero-order chi connectivity index (χ0) is 26.4. The van der Waals surface area contributed by atoms with E-state index in [1.807, 2.05) is 35.8 Å². The monoisotopic (exact) mass is 512 g/mol. The Kier molecular flexibility index (Phi) is 6.19. The summed E-state index contributed by atoms with van der Waals surface area (Å²) in [4.78, 5) is 40.4. The molecule has 7 nitrogen and oxygen atoms in total. The molecule has 0 aliphatic carbocycles. The molecule has 196 valence electrons. The topological polar surface area (TPSA) is 77.8 Å². The van der Waals surface area contributed by atoms with Crippen molar-refractivity contribution in [2.24, 2.45) is 0 Å². The lowest BCUT2D eigenvalue weighted by atomic mass is 9.85. The molecule has 0 spiro atoms. The van der Waals surface area contributed by atoms with E-state index in [4.69, 9.17) is 9.47 Å². The van der Waals surface area contributed by atoms with E-state index in [1.165, 1.54) is 4.90 Å². The first-order valence-electron chi connectivity index (χ1n) is 13.6. The summed E-state index contributed by atoms with van der Waals surface area (Å²) in [5, 5.41) is 0. The molecule has 0 unspecified atom stereocenters. The lowest BCUT2D eigenvalue weighted by Crippen LogP contribution is -2.51. The normalized spacial score (nSPS) is 21.1. The van der Waals surface area contributed by atoms with Crippen LogP contribution < -0.4 is 10.3 Å². The predicted octanol–water partition coefficient (Wildman–Crippen LogP) is 5.17. The van der Waals surface area contributed by atoms with Crippen LogP contribution in [0.1, 0.15) is 88.2 Å². The summed E-state index contributed by atoms with van der Waals surface area (Å²) in [6.07, 6.45) is 3.94. The summed E-state index contributed by atoms with van der Waals surface area (Å²) in [6, 6.07) is 17.0. The Morgan fingerprint density at radius 1 is 0.921 bits per heavy atom. The first kappa shape index (κ1) is 24.6. The first-order valence-corrected chi connectivity index (χ1v) is 13.6. The molecule has 0 N–H and O–H groups in total. The van der Waals surface area contributed by atoms with Gasteiger partial charge in [0.15, 0.2) is 0 Å². The number of aromatic nitrogens is 1. The van der Waals surface area contributed by atoms with Gasteiger partial charge in [-0.1, -0.05) is 49.7 Å². The van der Waals surface area contributed by atoms with Gasteiger partial charge in [0.25, 0.3) is 17.4 Å². The van der Waals surface area contributed by atoms with Crippen LogP contribution in [-0.2, 0) is 17.7 Å². The number of fused-ring (bicyclic) bond motifs is 7. The number of carbonyl (C=O) groups excluding carboxylic acids is 2. The molecular weight excluding hydrogens is 480 g/mol. The fourth-order valence-corrected chi connectivity index (χ4v) is 6.02. The molecule has 2 bridgehead atoms. The molecule has 2 aromatic carbocycles. The molecule has 0 radical (unpaired) electrons. The number of benzene rings is 2. The second-order valence-corrected chi connectivity index (χ2v) is 10.5. The Morgan fingerprint density at radius 3 is 2.37 bits per heavy atom. The van der Waals surface area contributed by atoms with Crippen molar-refractivity contribution in [2.45, 2.75) is 70.8 Å². The van der Waals surface area contributed by atoms with Crippen molar-refractivity contribution in [3.8, 4) is 5.75 Å². The quantitative estimate of drug-likeness (QED) is 0.307. The maximum absolute atomic E-state index is 13.7. The van der Waals surface area contributed by atoms with Crippen LogP contribution in [-0.4, -0.2) is 33.6 Å². The number of carbonyl (C=O) groups is 2. The maximum atomic E-state index is 13.7. The van der Waals surface area contributed by atoms with Crippen LogP contribution in [0.5, 0.6) is 5.75 Å². The number of amides is 2. The van der Waals surface area contributed by atoms with Crippen molar-refractivity contribution in [3.63, 3.8) is 0 Å². The van der Waals surface area contributed by atoms with Crippen molar-refractivity contribution in [1.82, 2.24) is 9.47 Å².